The average molecular weight is 212 g/mol. The van der Waals surface area contributed by atoms with Crippen LogP contribution < -0.4 is 5.56 Å². The predicted octanol–water partition coefficient (Wildman–Crippen LogP) is 2.25. The standard InChI is InChI=1S/C13H12N2O/c1-10-3-2-4-11(9-10)5-6-12-7-8-13(16)15-14-12/h2-9H,1H3,(H,15,16)/b6-5+. The van der Waals surface area contributed by atoms with Crippen molar-refractivity contribution in [3.05, 3.63) is 63.6 Å². The van der Waals surface area contributed by atoms with Gasteiger partial charge in [-0.3, -0.25) is 4.79 Å². The van der Waals surface area contributed by atoms with Gasteiger partial charge in [-0.15, -0.1) is 0 Å². The molecular formula is C13H12N2O. The number of aromatic nitrogens is 2. The van der Waals surface area contributed by atoms with Gasteiger partial charge in [0.25, 0.3) is 5.56 Å². The maximum Gasteiger partial charge on any atom is 0.264 e. The molecule has 0 aliphatic heterocycles. The minimum atomic E-state index is -0.187. The lowest BCUT2D eigenvalue weighted by Gasteiger charge is -1.95. The summed E-state index contributed by atoms with van der Waals surface area (Å²) in [6, 6.07) is 11.3. The molecular weight excluding hydrogens is 200 g/mol. The van der Waals surface area contributed by atoms with Crippen LogP contribution in [0.4, 0.5) is 0 Å². The van der Waals surface area contributed by atoms with Crippen molar-refractivity contribution >= 4 is 12.2 Å². The summed E-state index contributed by atoms with van der Waals surface area (Å²) in [6.07, 6.45) is 3.83. The first-order valence-corrected chi connectivity index (χ1v) is 5.04. The molecule has 0 unspecified atom stereocenters. The summed E-state index contributed by atoms with van der Waals surface area (Å²) in [4.78, 5) is 10.8. The van der Waals surface area contributed by atoms with E-state index in [0.29, 0.717) is 0 Å². The second kappa shape index (κ2) is 4.57. The van der Waals surface area contributed by atoms with Crippen molar-refractivity contribution < 1.29 is 0 Å². The number of nitrogens with one attached hydrogen (secondary N) is 1. The minimum absolute atomic E-state index is 0.187. The lowest BCUT2D eigenvalue weighted by atomic mass is 10.1. The fraction of sp³-hybridized carbons (Fsp3) is 0.0769. The van der Waals surface area contributed by atoms with Gasteiger partial charge < -0.3 is 0 Å². The fourth-order valence-corrected chi connectivity index (χ4v) is 1.40. The van der Waals surface area contributed by atoms with Crippen LogP contribution in [0, 0.1) is 6.92 Å². The van der Waals surface area contributed by atoms with E-state index in [4.69, 9.17) is 0 Å². The molecule has 0 atom stereocenters. The zero-order valence-electron chi connectivity index (χ0n) is 8.97. The largest absolute Gasteiger partial charge is 0.268 e. The highest BCUT2D eigenvalue weighted by molar-refractivity contribution is 5.67. The van der Waals surface area contributed by atoms with E-state index >= 15 is 0 Å². The highest BCUT2D eigenvalue weighted by Gasteiger charge is 1.90. The van der Waals surface area contributed by atoms with Crippen LogP contribution >= 0.6 is 0 Å². The second-order valence-corrected chi connectivity index (χ2v) is 3.59. The molecule has 0 aliphatic carbocycles. The number of hydrogen-bond donors (Lipinski definition) is 1. The van der Waals surface area contributed by atoms with Gasteiger partial charge in [0, 0.05) is 6.07 Å². The molecule has 2 rings (SSSR count). The quantitative estimate of drug-likeness (QED) is 0.829. The fourth-order valence-electron chi connectivity index (χ4n) is 1.40. The first-order chi connectivity index (χ1) is 7.74. The number of nitrogens with zero attached hydrogens (tertiary/aromatic N) is 1. The maximum absolute atomic E-state index is 10.8. The molecule has 16 heavy (non-hydrogen) atoms. The molecule has 0 amide bonds. The molecule has 1 aromatic carbocycles. The molecule has 0 saturated heterocycles. The molecule has 0 spiro atoms. The van der Waals surface area contributed by atoms with Crippen LogP contribution in [0.5, 0.6) is 0 Å². The SMILES string of the molecule is Cc1cccc(/C=C/c2ccc(=O)[nH]n2)c1. The molecule has 0 bridgehead atoms. The summed E-state index contributed by atoms with van der Waals surface area (Å²) in [5, 5.41) is 6.28. The van der Waals surface area contributed by atoms with Gasteiger partial charge in [0.05, 0.1) is 5.69 Å². The first-order valence-electron chi connectivity index (χ1n) is 5.04. The third-order valence-corrected chi connectivity index (χ3v) is 2.19. The third kappa shape index (κ3) is 2.67. The average Bonchev–Trinajstić information content (AvgIpc) is 2.28. The summed E-state index contributed by atoms with van der Waals surface area (Å²) in [7, 11) is 0. The van der Waals surface area contributed by atoms with Gasteiger partial charge in [-0.2, -0.15) is 5.10 Å². The number of aryl methyl sites for hydroxylation is 1. The lowest BCUT2D eigenvalue weighted by molar-refractivity contribution is 0.977. The summed E-state index contributed by atoms with van der Waals surface area (Å²) >= 11 is 0. The van der Waals surface area contributed by atoms with Crippen molar-refractivity contribution in [2.45, 2.75) is 6.92 Å². The number of rotatable bonds is 2. The van der Waals surface area contributed by atoms with E-state index < -0.39 is 0 Å². The predicted molar refractivity (Wildman–Crippen MR) is 65.0 cm³/mol. The number of aromatic amines is 1. The highest BCUT2D eigenvalue weighted by atomic mass is 16.1. The molecule has 3 heteroatoms. The van der Waals surface area contributed by atoms with Crippen molar-refractivity contribution in [1.29, 1.82) is 0 Å². The second-order valence-electron chi connectivity index (χ2n) is 3.59. The molecule has 0 radical (unpaired) electrons. The Bertz CT molecular complexity index is 550. The third-order valence-electron chi connectivity index (χ3n) is 2.19. The van der Waals surface area contributed by atoms with Gasteiger partial charge in [0.15, 0.2) is 0 Å². The molecule has 3 nitrogen and oxygen atoms in total. The van der Waals surface area contributed by atoms with Crippen molar-refractivity contribution in [2.75, 3.05) is 0 Å². The Morgan fingerprint density at radius 2 is 2.06 bits per heavy atom. The molecule has 0 fully saturated rings. The van der Waals surface area contributed by atoms with Crippen LogP contribution in [0.1, 0.15) is 16.8 Å². The number of benzene rings is 1. The summed E-state index contributed by atoms with van der Waals surface area (Å²) in [5.41, 5.74) is 2.89. The molecule has 0 saturated carbocycles. The van der Waals surface area contributed by atoms with Crippen LogP contribution in [-0.2, 0) is 0 Å². The summed E-state index contributed by atoms with van der Waals surface area (Å²) in [5.74, 6) is 0. The van der Waals surface area contributed by atoms with Gasteiger partial charge in [0.2, 0.25) is 0 Å². The van der Waals surface area contributed by atoms with Crippen LogP contribution in [-0.4, -0.2) is 10.2 Å². The Kier molecular flexibility index (Phi) is 2.96. The maximum atomic E-state index is 10.8. The van der Waals surface area contributed by atoms with Gasteiger partial charge in [0.1, 0.15) is 0 Å². The first kappa shape index (κ1) is 10.4. The van der Waals surface area contributed by atoms with E-state index in [2.05, 4.69) is 29.3 Å². The number of hydrogen-bond acceptors (Lipinski definition) is 2. The number of H-pyrrole nitrogens is 1. The normalized spacial score (nSPS) is 10.8. The van der Waals surface area contributed by atoms with E-state index in [-0.39, 0.29) is 5.56 Å². The smallest absolute Gasteiger partial charge is 0.264 e. The molecule has 80 valence electrons. The summed E-state index contributed by atoms with van der Waals surface area (Å²) < 4.78 is 0. The van der Waals surface area contributed by atoms with E-state index in [1.807, 2.05) is 24.3 Å². The van der Waals surface area contributed by atoms with Crippen LogP contribution in [0.2, 0.25) is 0 Å². The van der Waals surface area contributed by atoms with Crippen LogP contribution in [0.3, 0.4) is 0 Å². The molecule has 2 aromatic rings. The monoisotopic (exact) mass is 212 g/mol. The summed E-state index contributed by atoms with van der Waals surface area (Å²) in [6.45, 7) is 2.05. The lowest BCUT2D eigenvalue weighted by Crippen LogP contribution is -2.05. The van der Waals surface area contributed by atoms with E-state index in [9.17, 15) is 4.79 Å². The Hall–Kier alpha value is -2.16. The zero-order chi connectivity index (χ0) is 11.4. The Balaban J connectivity index is 2.21. The Morgan fingerprint density at radius 3 is 2.75 bits per heavy atom. The van der Waals surface area contributed by atoms with E-state index in [1.165, 1.54) is 11.6 Å². The van der Waals surface area contributed by atoms with Gasteiger partial charge in [-0.25, -0.2) is 5.10 Å². The van der Waals surface area contributed by atoms with Crippen molar-refractivity contribution in [1.82, 2.24) is 10.2 Å². The topological polar surface area (TPSA) is 45.8 Å². The zero-order valence-corrected chi connectivity index (χ0v) is 8.97. The minimum Gasteiger partial charge on any atom is -0.268 e. The molecule has 1 aromatic heterocycles. The van der Waals surface area contributed by atoms with E-state index in [1.54, 1.807) is 6.07 Å². The van der Waals surface area contributed by atoms with Crippen molar-refractivity contribution in [2.24, 2.45) is 0 Å². The van der Waals surface area contributed by atoms with Crippen molar-refractivity contribution in [3.8, 4) is 0 Å². The Labute approximate surface area is 93.5 Å². The van der Waals surface area contributed by atoms with Gasteiger partial charge >= 0.3 is 0 Å². The van der Waals surface area contributed by atoms with Crippen LogP contribution in [0.25, 0.3) is 12.2 Å². The van der Waals surface area contributed by atoms with E-state index in [0.717, 1.165) is 11.3 Å². The van der Waals surface area contributed by atoms with Crippen molar-refractivity contribution in [3.63, 3.8) is 0 Å². The van der Waals surface area contributed by atoms with Gasteiger partial charge in [-0.05, 0) is 24.6 Å². The molecule has 1 N–H and O–H groups in total. The molecule has 0 aliphatic rings. The van der Waals surface area contributed by atoms with Crippen LogP contribution in [0.15, 0.2) is 41.2 Å². The molecule has 1 heterocycles. The Morgan fingerprint density at radius 1 is 1.19 bits per heavy atom. The van der Waals surface area contributed by atoms with Gasteiger partial charge in [-0.1, -0.05) is 35.9 Å². The highest BCUT2D eigenvalue weighted by Crippen LogP contribution is 2.07.